The van der Waals surface area contributed by atoms with E-state index in [4.69, 9.17) is 0 Å². The quantitative estimate of drug-likeness (QED) is 0.389. The number of hydrogen-bond donors (Lipinski definition) is 2. The average molecular weight is 407 g/mol. The molecule has 0 spiro atoms. The lowest BCUT2D eigenvalue weighted by atomic mass is 9.76. The molecule has 0 unspecified atom stereocenters. The summed E-state index contributed by atoms with van der Waals surface area (Å²) in [6.45, 7) is 3.74. The van der Waals surface area contributed by atoms with Crippen LogP contribution in [0.4, 0.5) is 0 Å². The summed E-state index contributed by atoms with van der Waals surface area (Å²) in [6, 6.07) is 32.4. The molecule has 2 aliphatic rings. The monoisotopic (exact) mass is 406 g/mol. The van der Waals surface area contributed by atoms with E-state index in [0.717, 1.165) is 39.8 Å². The lowest BCUT2D eigenvalue weighted by molar-refractivity contribution is 0.0978. The second-order valence-electron chi connectivity index (χ2n) is 8.73. The van der Waals surface area contributed by atoms with Gasteiger partial charge in [0.25, 0.3) is 0 Å². The minimum atomic E-state index is -0.856. The molecule has 154 valence electrons. The molecule has 0 saturated heterocycles. The summed E-state index contributed by atoms with van der Waals surface area (Å²) in [7, 11) is 0. The molecule has 2 heteroatoms. The summed E-state index contributed by atoms with van der Waals surface area (Å²) in [5.74, 6) is 0. The Morgan fingerprint density at radius 1 is 0.484 bits per heavy atom. The van der Waals surface area contributed by atoms with Crippen molar-refractivity contribution in [3.8, 4) is 11.1 Å². The summed E-state index contributed by atoms with van der Waals surface area (Å²) in [5, 5.41) is 21.2. The first-order chi connectivity index (χ1) is 14.9. The molecule has 0 fully saturated rings. The molecule has 0 aliphatic heterocycles. The summed E-state index contributed by atoms with van der Waals surface area (Å²) in [5.41, 5.74) is 7.15. The zero-order chi connectivity index (χ0) is 21.6. The minimum Gasteiger partial charge on any atom is -0.381 e. The smallest absolute Gasteiger partial charge is 0.113 e. The number of rotatable bonds is 0. The molecule has 6 rings (SSSR count). The fourth-order valence-corrected chi connectivity index (χ4v) is 5.08. The van der Waals surface area contributed by atoms with Gasteiger partial charge in [-0.3, -0.25) is 0 Å². The van der Waals surface area contributed by atoms with Gasteiger partial charge in [-0.1, -0.05) is 97.1 Å². The molecule has 0 radical (unpaired) electrons. The Labute approximate surface area is 183 Å². The van der Waals surface area contributed by atoms with Crippen LogP contribution in [-0.2, 0) is 17.6 Å². The van der Waals surface area contributed by atoms with E-state index in [1.807, 2.05) is 86.6 Å². The van der Waals surface area contributed by atoms with E-state index in [1.54, 1.807) is 0 Å². The van der Waals surface area contributed by atoms with Crippen LogP contribution in [0.2, 0.25) is 0 Å². The van der Waals surface area contributed by atoms with Gasteiger partial charge in [-0.15, -0.1) is 0 Å². The highest BCUT2D eigenvalue weighted by atomic mass is 16.3. The lowest BCUT2D eigenvalue weighted by Gasteiger charge is -2.33. The standard InChI is InChI=1S/C15H14O.C14H12O/c1-15(16)13-8-4-2-6-11(13)10-12-7-3-5-9-14(12)15;1-14(15)12-8-4-2-6-10(12)11-7-3-5-9-13(11)14/h2-9,16H,10H2,1H3;2-9,15H,1H3. The van der Waals surface area contributed by atoms with Crippen LogP contribution in [-0.4, -0.2) is 10.2 Å². The Kier molecular flexibility index (Phi) is 4.58. The van der Waals surface area contributed by atoms with Gasteiger partial charge in [-0.05, 0) is 64.8 Å². The molecule has 2 N–H and O–H groups in total. The summed E-state index contributed by atoms with van der Waals surface area (Å²) in [6.07, 6.45) is 0.919. The molecular weight excluding hydrogens is 380 g/mol. The van der Waals surface area contributed by atoms with E-state index in [0.29, 0.717) is 0 Å². The topological polar surface area (TPSA) is 40.5 Å². The van der Waals surface area contributed by atoms with E-state index >= 15 is 0 Å². The van der Waals surface area contributed by atoms with Gasteiger partial charge in [0, 0.05) is 0 Å². The Morgan fingerprint density at radius 2 is 0.806 bits per heavy atom. The predicted molar refractivity (Wildman–Crippen MR) is 125 cm³/mol. The molecular formula is C29H26O2. The fourth-order valence-electron chi connectivity index (χ4n) is 5.08. The SMILES string of the molecule is CC1(O)c2ccccc2-c2ccccc21.CC1(O)c2ccccc2Cc2ccccc21. The highest BCUT2D eigenvalue weighted by Gasteiger charge is 2.36. The van der Waals surface area contributed by atoms with Crippen LogP contribution < -0.4 is 0 Å². The number of fused-ring (bicyclic) bond motifs is 5. The van der Waals surface area contributed by atoms with Crippen molar-refractivity contribution in [2.75, 3.05) is 0 Å². The van der Waals surface area contributed by atoms with Crippen molar-refractivity contribution >= 4 is 0 Å². The van der Waals surface area contributed by atoms with Crippen LogP contribution in [0, 0.1) is 0 Å². The summed E-state index contributed by atoms with van der Waals surface area (Å²) >= 11 is 0. The van der Waals surface area contributed by atoms with Crippen LogP contribution >= 0.6 is 0 Å². The number of aliphatic hydroxyl groups is 2. The maximum Gasteiger partial charge on any atom is 0.113 e. The first-order valence-electron chi connectivity index (χ1n) is 10.7. The normalized spacial score (nSPS) is 16.1. The van der Waals surface area contributed by atoms with E-state index in [1.165, 1.54) is 11.1 Å². The van der Waals surface area contributed by atoms with Gasteiger partial charge in [-0.25, -0.2) is 0 Å². The molecule has 0 saturated carbocycles. The maximum absolute atomic E-state index is 10.7. The van der Waals surface area contributed by atoms with E-state index in [9.17, 15) is 10.2 Å². The Bertz CT molecular complexity index is 1170. The van der Waals surface area contributed by atoms with Gasteiger partial charge < -0.3 is 10.2 Å². The Balaban J connectivity index is 0.000000132. The molecule has 4 aromatic carbocycles. The van der Waals surface area contributed by atoms with Crippen LogP contribution in [0.1, 0.15) is 47.2 Å². The molecule has 0 heterocycles. The van der Waals surface area contributed by atoms with Crippen LogP contribution in [0.15, 0.2) is 97.1 Å². The Morgan fingerprint density at radius 3 is 1.26 bits per heavy atom. The van der Waals surface area contributed by atoms with Crippen molar-refractivity contribution in [1.29, 1.82) is 0 Å². The van der Waals surface area contributed by atoms with Crippen molar-refractivity contribution in [2.24, 2.45) is 0 Å². The highest BCUT2D eigenvalue weighted by molar-refractivity contribution is 5.79. The first-order valence-corrected chi connectivity index (χ1v) is 10.7. The molecule has 4 aromatic rings. The second kappa shape index (κ2) is 7.19. The van der Waals surface area contributed by atoms with Gasteiger partial charge in [0.15, 0.2) is 0 Å². The van der Waals surface area contributed by atoms with E-state index in [2.05, 4.69) is 24.3 Å². The lowest BCUT2D eigenvalue weighted by Crippen LogP contribution is -2.29. The number of hydrogen-bond acceptors (Lipinski definition) is 2. The van der Waals surface area contributed by atoms with Crippen molar-refractivity contribution in [3.05, 3.63) is 130 Å². The third kappa shape index (κ3) is 3.11. The first kappa shape index (κ1) is 19.7. The van der Waals surface area contributed by atoms with Crippen LogP contribution in [0.25, 0.3) is 11.1 Å². The molecule has 0 amide bonds. The largest absolute Gasteiger partial charge is 0.381 e. The number of benzene rings is 4. The molecule has 31 heavy (non-hydrogen) atoms. The van der Waals surface area contributed by atoms with E-state index < -0.39 is 11.2 Å². The molecule has 0 atom stereocenters. The summed E-state index contributed by atoms with van der Waals surface area (Å²) in [4.78, 5) is 0. The third-order valence-electron chi connectivity index (χ3n) is 6.66. The second-order valence-corrected chi connectivity index (χ2v) is 8.73. The van der Waals surface area contributed by atoms with Gasteiger partial charge in [0.2, 0.25) is 0 Å². The van der Waals surface area contributed by atoms with Crippen molar-refractivity contribution < 1.29 is 10.2 Å². The van der Waals surface area contributed by atoms with Crippen molar-refractivity contribution in [2.45, 2.75) is 31.5 Å². The fraction of sp³-hybridized carbons (Fsp3) is 0.172. The van der Waals surface area contributed by atoms with E-state index in [-0.39, 0.29) is 0 Å². The molecule has 0 bridgehead atoms. The highest BCUT2D eigenvalue weighted by Crippen LogP contribution is 2.46. The minimum absolute atomic E-state index is 0.840. The average Bonchev–Trinajstić information content (AvgIpc) is 3.02. The zero-order valence-corrected chi connectivity index (χ0v) is 17.8. The molecule has 2 aliphatic carbocycles. The van der Waals surface area contributed by atoms with Crippen LogP contribution in [0.5, 0.6) is 0 Å². The predicted octanol–water partition coefficient (Wildman–Crippen LogP) is 5.77. The van der Waals surface area contributed by atoms with Gasteiger partial charge >= 0.3 is 0 Å². The van der Waals surface area contributed by atoms with Gasteiger partial charge in [0.05, 0.1) is 0 Å². The molecule has 2 nitrogen and oxygen atoms in total. The summed E-state index contributed by atoms with van der Waals surface area (Å²) < 4.78 is 0. The van der Waals surface area contributed by atoms with Crippen molar-refractivity contribution in [1.82, 2.24) is 0 Å². The van der Waals surface area contributed by atoms with Gasteiger partial charge in [0.1, 0.15) is 11.2 Å². The Hall–Kier alpha value is -3.20. The maximum atomic E-state index is 10.7. The van der Waals surface area contributed by atoms with Gasteiger partial charge in [-0.2, -0.15) is 0 Å². The van der Waals surface area contributed by atoms with Crippen molar-refractivity contribution in [3.63, 3.8) is 0 Å². The molecule has 0 aromatic heterocycles. The third-order valence-corrected chi connectivity index (χ3v) is 6.66. The van der Waals surface area contributed by atoms with Crippen LogP contribution in [0.3, 0.4) is 0 Å². The zero-order valence-electron chi connectivity index (χ0n) is 17.8.